The molecule has 1 aromatic heterocycles. The fraction of sp³-hybridized carbons (Fsp3) is 0.350. The Morgan fingerprint density at radius 2 is 2.08 bits per heavy atom. The Hall–Kier alpha value is -2.33. The second-order valence-corrected chi connectivity index (χ2v) is 6.06. The number of aromatic nitrogens is 1. The summed E-state index contributed by atoms with van der Waals surface area (Å²) in [5.41, 5.74) is 2.28. The zero-order valence-corrected chi connectivity index (χ0v) is 14.1. The number of fused-ring (bicyclic) bond motifs is 1. The van der Waals surface area contributed by atoms with Crippen molar-refractivity contribution in [1.82, 2.24) is 9.47 Å². The molecule has 1 amide bonds. The molecule has 0 fully saturated rings. The highest BCUT2D eigenvalue weighted by atomic mass is 16.5. The summed E-state index contributed by atoms with van der Waals surface area (Å²) in [6.45, 7) is 7.55. The molecule has 2 atom stereocenters. The lowest BCUT2D eigenvalue weighted by Crippen LogP contribution is -2.46. The van der Waals surface area contributed by atoms with E-state index in [-0.39, 0.29) is 11.9 Å². The van der Waals surface area contributed by atoms with Crippen molar-refractivity contribution in [2.75, 3.05) is 13.2 Å². The Kier molecular flexibility index (Phi) is 5.16. The molecule has 4 nitrogen and oxygen atoms in total. The molecule has 1 aromatic carbocycles. The van der Waals surface area contributed by atoms with E-state index in [2.05, 4.69) is 35.5 Å². The van der Waals surface area contributed by atoms with Gasteiger partial charge in [-0.05, 0) is 31.0 Å². The predicted molar refractivity (Wildman–Crippen MR) is 94.7 cm³/mol. The Morgan fingerprint density at radius 1 is 1.29 bits per heavy atom. The van der Waals surface area contributed by atoms with Crippen LogP contribution in [0.5, 0.6) is 0 Å². The van der Waals surface area contributed by atoms with Gasteiger partial charge in [0.15, 0.2) is 0 Å². The SMILES string of the molecule is C=CCCOC(C)C(=O)N1CCn2cccc2C1c1ccccc1. The van der Waals surface area contributed by atoms with E-state index in [9.17, 15) is 4.79 Å². The van der Waals surface area contributed by atoms with Crippen LogP contribution in [-0.2, 0) is 16.1 Å². The summed E-state index contributed by atoms with van der Waals surface area (Å²) >= 11 is 0. The molecule has 3 rings (SSSR count). The molecule has 0 spiro atoms. The number of hydrogen-bond acceptors (Lipinski definition) is 2. The van der Waals surface area contributed by atoms with E-state index in [1.807, 2.05) is 36.1 Å². The van der Waals surface area contributed by atoms with Gasteiger partial charge in [-0.15, -0.1) is 6.58 Å². The van der Waals surface area contributed by atoms with Gasteiger partial charge in [0.2, 0.25) is 0 Å². The molecule has 1 aliphatic rings. The minimum atomic E-state index is -0.447. The first-order valence-electron chi connectivity index (χ1n) is 8.45. The molecule has 0 saturated carbocycles. The van der Waals surface area contributed by atoms with Crippen LogP contribution in [0.1, 0.15) is 30.6 Å². The normalized spacial score (nSPS) is 18.0. The lowest BCUT2D eigenvalue weighted by molar-refractivity contribution is -0.145. The molecule has 0 aliphatic carbocycles. The molecule has 24 heavy (non-hydrogen) atoms. The van der Waals surface area contributed by atoms with Crippen LogP contribution in [0.25, 0.3) is 0 Å². The third kappa shape index (κ3) is 3.29. The topological polar surface area (TPSA) is 34.5 Å². The quantitative estimate of drug-likeness (QED) is 0.603. The third-order valence-corrected chi connectivity index (χ3v) is 4.47. The maximum absolute atomic E-state index is 13.0. The van der Waals surface area contributed by atoms with Gasteiger partial charge in [-0.25, -0.2) is 0 Å². The second kappa shape index (κ2) is 7.49. The molecule has 0 N–H and O–H groups in total. The number of carbonyl (C=O) groups excluding carboxylic acids is 1. The van der Waals surface area contributed by atoms with E-state index in [0.717, 1.165) is 24.2 Å². The van der Waals surface area contributed by atoms with E-state index >= 15 is 0 Å². The Bertz CT molecular complexity index is 693. The smallest absolute Gasteiger partial charge is 0.252 e. The van der Waals surface area contributed by atoms with E-state index in [4.69, 9.17) is 4.74 Å². The number of amides is 1. The summed E-state index contributed by atoms with van der Waals surface area (Å²) in [6, 6.07) is 14.3. The highest BCUT2D eigenvalue weighted by molar-refractivity contribution is 5.81. The molecule has 0 bridgehead atoms. The lowest BCUT2D eigenvalue weighted by atomic mass is 9.99. The van der Waals surface area contributed by atoms with Crippen LogP contribution in [0, 0.1) is 0 Å². The standard InChI is InChI=1S/C20H24N2O2/c1-3-4-15-24-16(2)20(23)22-14-13-21-12-8-11-18(21)19(22)17-9-6-5-7-10-17/h3,5-12,16,19H,1,4,13-15H2,2H3. The van der Waals surface area contributed by atoms with Crippen molar-refractivity contribution in [3.8, 4) is 0 Å². The van der Waals surface area contributed by atoms with Gasteiger partial charge in [0, 0.05) is 25.0 Å². The zero-order chi connectivity index (χ0) is 16.9. The van der Waals surface area contributed by atoms with Crippen molar-refractivity contribution in [2.45, 2.75) is 32.0 Å². The molecular formula is C20H24N2O2. The maximum Gasteiger partial charge on any atom is 0.252 e. The first-order chi connectivity index (χ1) is 11.7. The van der Waals surface area contributed by atoms with Crippen molar-refractivity contribution in [3.05, 3.63) is 72.6 Å². The maximum atomic E-state index is 13.0. The van der Waals surface area contributed by atoms with Crippen LogP contribution in [0.15, 0.2) is 61.3 Å². The van der Waals surface area contributed by atoms with Crippen LogP contribution in [0.4, 0.5) is 0 Å². The van der Waals surface area contributed by atoms with Crippen LogP contribution in [0.2, 0.25) is 0 Å². The zero-order valence-electron chi connectivity index (χ0n) is 14.1. The van der Waals surface area contributed by atoms with Gasteiger partial charge in [-0.2, -0.15) is 0 Å². The van der Waals surface area contributed by atoms with Gasteiger partial charge in [0.25, 0.3) is 5.91 Å². The van der Waals surface area contributed by atoms with E-state index in [0.29, 0.717) is 13.2 Å². The average molecular weight is 324 g/mol. The molecule has 2 unspecified atom stereocenters. The van der Waals surface area contributed by atoms with E-state index < -0.39 is 6.10 Å². The van der Waals surface area contributed by atoms with Gasteiger partial charge < -0.3 is 14.2 Å². The number of carbonyl (C=O) groups is 1. The largest absolute Gasteiger partial charge is 0.368 e. The summed E-state index contributed by atoms with van der Waals surface area (Å²) in [5, 5.41) is 0. The van der Waals surface area contributed by atoms with Gasteiger partial charge in [0.1, 0.15) is 6.10 Å². The molecule has 126 valence electrons. The minimum Gasteiger partial charge on any atom is -0.368 e. The summed E-state index contributed by atoms with van der Waals surface area (Å²) in [5.74, 6) is 0.0420. The Morgan fingerprint density at radius 3 is 2.83 bits per heavy atom. The number of hydrogen-bond donors (Lipinski definition) is 0. The number of ether oxygens (including phenoxy) is 1. The lowest BCUT2D eigenvalue weighted by Gasteiger charge is -2.38. The summed E-state index contributed by atoms with van der Waals surface area (Å²) in [4.78, 5) is 14.9. The highest BCUT2D eigenvalue weighted by Gasteiger charge is 2.34. The first-order valence-corrected chi connectivity index (χ1v) is 8.45. The fourth-order valence-corrected chi connectivity index (χ4v) is 3.24. The second-order valence-electron chi connectivity index (χ2n) is 6.06. The van der Waals surface area contributed by atoms with Crippen molar-refractivity contribution < 1.29 is 9.53 Å². The van der Waals surface area contributed by atoms with Crippen molar-refractivity contribution in [1.29, 1.82) is 0 Å². The Labute approximate surface area is 143 Å². The van der Waals surface area contributed by atoms with Gasteiger partial charge >= 0.3 is 0 Å². The van der Waals surface area contributed by atoms with Gasteiger partial charge in [-0.1, -0.05) is 36.4 Å². The van der Waals surface area contributed by atoms with E-state index in [1.54, 1.807) is 6.08 Å². The molecule has 2 heterocycles. The number of rotatable bonds is 6. The van der Waals surface area contributed by atoms with Crippen LogP contribution < -0.4 is 0 Å². The van der Waals surface area contributed by atoms with Gasteiger partial charge in [-0.3, -0.25) is 4.79 Å². The van der Waals surface area contributed by atoms with Crippen molar-refractivity contribution in [3.63, 3.8) is 0 Å². The van der Waals surface area contributed by atoms with Gasteiger partial charge in [0.05, 0.1) is 12.6 Å². The predicted octanol–water partition coefficient (Wildman–Crippen LogP) is 3.40. The fourth-order valence-electron chi connectivity index (χ4n) is 3.24. The van der Waals surface area contributed by atoms with Crippen LogP contribution in [0.3, 0.4) is 0 Å². The summed E-state index contributed by atoms with van der Waals surface area (Å²) in [6.07, 6.45) is 4.19. The third-order valence-electron chi connectivity index (χ3n) is 4.47. The summed E-state index contributed by atoms with van der Waals surface area (Å²) < 4.78 is 7.91. The summed E-state index contributed by atoms with van der Waals surface area (Å²) in [7, 11) is 0. The number of benzene rings is 1. The molecule has 0 saturated heterocycles. The highest BCUT2D eigenvalue weighted by Crippen LogP contribution is 2.32. The van der Waals surface area contributed by atoms with Crippen molar-refractivity contribution in [2.24, 2.45) is 0 Å². The molecule has 4 heteroatoms. The minimum absolute atomic E-state index is 0.0420. The van der Waals surface area contributed by atoms with Crippen LogP contribution >= 0.6 is 0 Å². The average Bonchev–Trinajstić information content (AvgIpc) is 3.09. The first kappa shape index (κ1) is 16.5. The van der Waals surface area contributed by atoms with E-state index in [1.165, 1.54) is 0 Å². The monoisotopic (exact) mass is 324 g/mol. The molecular weight excluding hydrogens is 300 g/mol. The van der Waals surface area contributed by atoms with Crippen molar-refractivity contribution >= 4 is 5.91 Å². The molecule has 2 aromatic rings. The number of nitrogens with zero attached hydrogens (tertiary/aromatic N) is 2. The molecule has 1 aliphatic heterocycles. The van der Waals surface area contributed by atoms with Crippen LogP contribution in [-0.4, -0.2) is 34.6 Å². The molecule has 0 radical (unpaired) electrons. The Balaban J connectivity index is 1.86.